The molecule has 0 radical (unpaired) electrons. The number of nitrogens with zero attached hydrogens (tertiary/aromatic N) is 1. The molecule has 0 amide bonds. The molecule has 3 rings (SSSR count). The second-order valence-electron chi connectivity index (χ2n) is 4.11. The van der Waals surface area contributed by atoms with E-state index in [1.165, 1.54) is 12.1 Å². The summed E-state index contributed by atoms with van der Waals surface area (Å²) in [6.45, 7) is 0. The third-order valence-electron chi connectivity index (χ3n) is 2.78. The van der Waals surface area contributed by atoms with Crippen LogP contribution in [-0.4, -0.2) is 9.97 Å². The Bertz CT molecular complexity index is 780. The van der Waals surface area contributed by atoms with E-state index in [-0.39, 0.29) is 22.5 Å². The normalized spacial score (nSPS) is 11.1. The van der Waals surface area contributed by atoms with Crippen LogP contribution in [-0.2, 0) is 0 Å². The molecule has 0 aliphatic rings. The lowest BCUT2D eigenvalue weighted by atomic mass is 10.2. The van der Waals surface area contributed by atoms with E-state index in [9.17, 15) is 13.2 Å². The van der Waals surface area contributed by atoms with Crippen LogP contribution in [0.4, 0.5) is 18.9 Å². The Balaban J connectivity index is 2.20. The first-order valence-electron chi connectivity index (χ1n) is 5.45. The van der Waals surface area contributed by atoms with Crippen LogP contribution in [0.5, 0.6) is 0 Å². The van der Waals surface area contributed by atoms with Crippen LogP contribution >= 0.6 is 0 Å². The smallest absolute Gasteiger partial charge is 0.153 e. The van der Waals surface area contributed by atoms with Crippen molar-refractivity contribution in [2.75, 3.05) is 5.73 Å². The molecule has 3 aromatic rings. The Hall–Kier alpha value is -2.50. The highest BCUT2D eigenvalue weighted by Crippen LogP contribution is 2.25. The molecule has 0 bridgehead atoms. The van der Waals surface area contributed by atoms with Crippen molar-refractivity contribution >= 4 is 16.7 Å². The molecule has 96 valence electrons. The number of aromatic nitrogens is 2. The third kappa shape index (κ3) is 1.91. The van der Waals surface area contributed by atoms with Gasteiger partial charge in [-0.05, 0) is 24.3 Å². The number of aromatic amines is 1. The van der Waals surface area contributed by atoms with Gasteiger partial charge in [0.05, 0.1) is 11.2 Å². The molecule has 3 nitrogen and oxygen atoms in total. The minimum atomic E-state index is -0.770. The molecule has 0 atom stereocenters. The largest absolute Gasteiger partial charge is 0.396 e. The van der Waals surface area contributed by atoms with Crippen LogP contribution in [0.2, 0.25) is 0 Å². The van der Waals surface area contributed by atoms with Crippen LogP contribution in [0.3, 0.4) is 0 Å². The average Bonchev–Trinajstić information content (AvgIpc) is 2.76. The highest BCUT2D eigenvalue weighted by atomic mass is 19.1. The maximum absolute atomic E-state index is 13.5. The number of anilines is 1. The van der Waals surface area contributed by atoms with Gasteiger partial charge < -0.3 is 10.7 Å². The lowest BCUT2D eigenvalue weighted by molar-refractivity contribution is 0.591. The number of benzene rings is 2. The predicted octanol–water partition coefficient (Wildman–Crippen LogP) is 3.23. The summed E-state index contributed by atoms with van der Waals surface area (Å²) in [5.41, 5.74) is 6.01. The zero-order valence-corrected chi connectivity index (χ0v) is 9.55. The van der Waals surface area contributed by atoms with Crippen molar-refractivity contribution in [3.63, 3.8) is 0 Å². The highest BCUT2D eigenvalue weighted by Gasteiger charge is 2.12. The van der Waals surface area contributed by atoms with Crippen LogP contribution in [0, 0.1) is 17.5 Å². The van der Waals surface area contributed by atoms with Crippen molar-refractivity contribution < 1.29 is 13.2 Å². The molecule has 0 spiro atoms. The lowest BCUT2D eigenvalue weighted by Gasteiger charge is -1.99. The van der Waals surface area contributed by atoms with Crippen LogP contribution in [0.15, 0.2) is 30.3 Å². The molecule has 0 unspecified atom stereocenters. The molecule has 2 aromatic carbocycles. The van der Waals surface area contributed by atoms with E-state index in [0.29, 0.717) is 5.56 Å². The van der Waals surface area contributed by atoms with E-state index in [2.05, 4.69) is 9.97 Å². The van der Waals surface area contributed by atoms with Crippen molar-refractivity contribution in [2.24, 2.45) is 0 Å². The Kier molecular flexibility index (Phi) is 2.45. The summed E-state index contributed by atoms with van der Waals surface area (Å²) in [5.74, 6) is -1.82. The van der Waals surface area contributed by atoms with Crippen LogP contribution in [0.1, 0.15) is 0 Å². The Morgan fingerprint density at radius 2 is 1.79 bits per heavy atom. The van der Waals surface area contributed by atoms with Crippen molar-refractivity contribution in [1.29, 1.82) is 0 Å². The molecular weight excluding hydrogens is 255 g/mol. The first-order chi connectivity index (χ1) is 9.04. The van der Waals surface area contributed by atoms with E-state index in [1.807, 2.05) is 0 Å². The molecule has 0 aliphatic carbocycles. The number of H-pyrrole nitrogens is 1. The van der Waals surface area contributed by atoms with E-state index in [0.717, 1.165) is 12.1 Å². The maximum atomic E-state index is 13.5. The minimum Gasteiger partial charge on any atom is -0.396 e. The summed E-state index contributed by atoms with van der Waals surface area (Å²) < 4.78 is 39.9. The Morgan fingerprint density at radius 1 is 1.00 bits per heavy atom. The van der Waals surface area contributed by atoms with Gasteiger partial charge in [-0.2, -0.15) is 0 Å². The molecule has 19 heavy (non-hydrogen) atoms. The van der Waals surface area contributed by atoms with Gasteiger partial charge in [-0.3, -0.25) is 0 Å². The number of rotatable bonds is 1. The van der Waals surface area contributed by atoms with Gasteiger partial charge >= 0.3 is 0 Å². The monoisotopic (exact) mass is 263 g/mol. The van der Waals surface area contributed by atoms with Gasteiger partial charge in [-0.25, -0.2) is 18.2 Å². The number of hydrogen-bond donors (Lipinski definition) is 2. The summed E-state index contributed by atoms with van der Waals surface area (Å²) in [6, 6.07) is 5.99. The Morgan fingerprint density at radius 3 is 2.53 bits per heavy atom. The summed E-state index contributed by atoms with van der Waals surface area (Å²) in [6.07, 6.45) is 0. The molecular formula is C13H8F3N3. The number of halogens is 3. The van der Waals surface area contributed by atoms with E-state index in [4.69, 9.17) is 5.73 Å². The first kappa shape index (κ1) is 11.6. The number of nitrogen functional groups attached to an aromatic ring is 1. The third-order valence-corrected chi connectivity index (χ3v) is 2.78. The summed E-state index contributed by atoms with van der Waals surface area (Å²) in [7, 11) is 0. The van der Waals surface area contributed by atoms with Crippen LogP contribution in [0.25, 0.3) is 22.4 Å². The molecule has 1 heterocycles. The number of nitrogens with one attached hydrogen (secondary N) is 1. The molecule has 0 saturated carbocycles. The van der Waals surface area contributed by atoms with Gasteiger partial charge in [-0.15, -0.1) is 0 Å². The van der Waals surface area contributed by atoms with Crippen molar-refractivity contribution in [3.8, 4) is 11.4 Å². The zero-order valence-electron chi connectivity index (χ0n) is 9.55. The summed E-state index contributed by atoms with van der Waals surface area (Å²) in [4.78, 5) is 6.73. The fourth-order valence-corrected chi connectivity index (χ4v) is 1.85. The van der Waals surface area contributed by atoms with E-state index < -0.39 is 17.5 Å². The van der Waals surface area contributed by atoms with Crippen LogP contribution < -0.4 is 5.73 Å². The Labute approximate surface area is 105 Å². The van der Waals surface area contributed by atoms with Crippen molar-refractivity contribution in [3.05, 3.63) is 47.8 Å². The van der Waals surface area contributed by atoms with Gasteiger partial charge in [0, 0.05) is 11.6 Å². The van der Waals surface area contributed by atoms with Gasteiger partial charge in [0.2, 0.25) is 0 Å². The number of nitrogens with two attached hydrogens (primary N) is 1. The molecule has 0 fully saturated rings. The van der Waals surface area contributed by atoms with Gasteiger partial charge in [0.25, 0.3) is 0 Å². The molecule has 6 heteroatoms. The van der Waals surface area contributed by atoms with Crippen molar-refractivity contribution in [2.45, 2.75) is 0 Å². The molecule has 0 aliphatic heterocycles. The quantitative estimate of drug-likeness (QED) is 0.662. The van der Waals surface area contributed by atoms with Crippen molar-refractivity contribution in [1.82, 2.24) is 9.97 Å². The van der Waals surface area contributed by atoms with Gasteiger partial charge in [0.15, 0.2) is 5.82 Å². The van der Waals surface area contributed by atoms with Gasteiger partial charge in [0.1, 0.15) is 23.0 Å². The second kappa shape index (κ2) is 4.01. The van der Waals surface area contributed by atoms with E-state index >= 15 is 0 Å². The fraction of sp³-hybridized carbons (Fsp3) is 0. The van der Waals surface area contributed by atoms with E-state index in [1.54, 1.807) is 6.07 Å². The first-order valence-corrected chi connectivity index (χ1v) is 5.45. The molecule has 3 N–H and O–H groups in total. The number of hydrogen-bond acceptors (Lipinski definition) is 2. The fourth-order valence-electron chi connectivity index (χ4n) is 1.85. The SMILES string of the molecule is Nc1ccc(-c2nc3c(F)cc(F)cc3[nH]2)cc1F. The summed E-state index contributed by atoms with van der Waals surface area (Å²) >= 11 is 0. The highest BCUT2D eigenvalue weighted by molar-refractivity contribution is 5.80. The number of imidazole rings is 1. The topological polar surface area (TPSA) is 54.7 Å². The second-order valence-corrected chi connectivity index (χ2v) is 4.11. The molecule has 1 aromatic heterocycles. The zero-order chi connectivity index (χ0) is 13.6. The lowest BCUT2D eigenvalue weighted by Crippen LogP contribution is -1.91. The maximum Gasteiger partial charge on any atom is 0.153 e. The van der Waals surface area contributed by atoms with Gasteiger partial charge in [-0.1, -0.05) is 0 Å². The number of fused-ring (bicyclic) bond motifs is 1. The predicted molar refractivity (Wildman–Crippen MR) is 65.8 cm³/mol. The summed E-state index contributed by atoms with van der Waals surface area (Å²) in [5, 5.41) is 0. The average molecular weight is 263 g/mol. The molecule has 0 saturated heterocycles. The minimum absolute atomic E-state index is 0.00799. The standard InChI is InChI=1S/C13H8F3N3/c14-7-4-9(16)12-11(5-7)18-13(19-12)6-1-2-10(17)8(15)3-6/h1-5H,17H2,(H,18,19).